The predicted molar refractivity (Wildman–Crippen MR) is 39.8 cm³/mol. The van der Waals surface area contributed by atoms with Gasteiger partial charge in [-0.15, -0.1) is 5.56 Å². The summed E-state index contributed by atoms with van der Waals surface area (Å²) in [6.07, 6.45) is 1.16. The fourth-order valence-electron chi connectivity index (χ4n) is 0.800. The molecule has 0 atom stereocenters. The number of aldehydes is 1. The summed E-state index contributed by atoms with van der Waals surface area (Å²) in [5, 5.41) is 8.47. The monoisotopic (exact) mass is 387 g/mol. The average molecular weight is 391 g/mol. The first kappa shape index (κ1) is 9.38. The summed E-state index contributed by atoms with van der Waals surface area (Å²) < 4.78 is 0. The zero-order valence-corrected chi connectivity index (χ0v) is 9.17. The number of rotatable bonds is 2. The third-order valence-corrected chi connectivity index (χ3v) is 1.30. The van der Waals surface area contributed by atoms with Gasteiger partial charge in [0.05, 0.1) is 0 Å². The second-order valence-electron chi connectivity index (χ2n) is 2.11. The van der Waals surface area contributed by atoms with Gasteiger partial charge in [-0.1, -0.05) is 5.56 Å². The first-order valence-electron chi connectivity index (χ1n) is 3.20. The van der Waals surface area contributed by atoms with E-state index in [0.717, 1.165) is 11.8 Å². The van der Waals surface area contributed by atoms with Crippen molar-refractivity contribution in [3.8, 4) is 6.07 Å². The van der Waals surface area contributed by atoms with Crippen LogP contribution in [0.15, 0.2) is 18.2 Å². The minimum Gasteiger partial charge on any atom is -0.304 e. The Kier molecular flexibility index (Phi) is 3.31. The van der Waals surface area contributed by atoms with E-state index in [4.69, 9.17) is 5.26 Å². The Morgan fingerprint density at radius 2 is 2.33 bits per heavy atom. The van der Waals surface area contributed by atoms with Crippen LogP contribution < -0.4 is 0 Å². The first-order valence-corrected chi connectivity index (χ1v) is 3.20. The summed E-state index contributed by atoms with van der Waals surface area (Å²) in [7, 11) is 0. The van der Waals surface area contributed by atoms with Crippen LogP contribution in [0.3, 0.4) is 0 Å². The second-order valence-corrected chi connectivity index (χ2v) is 2.11. The summed E-state index contributed by atoms with van der Waals surface area (Å²) in [6.45, 7) is 0. The summed E-state index contributed by atoms with van der Waals surface area (Å²) in [6, 6.07) is 9.74. The van der Waals surface area contributed by atoms with Gasteiger partial charge in [0.25, 0.3) is 0 Å². The van der Waals surface area contributed by atoms with Crippen LogP contribution in [-0.2, 0) is 11.2 Å². The molecule has 1 aromatic rings. The van der Waals surface area contributed by atoms with Gasteiger partial charge >= 0.3 is 0 Å². The third kappa shape index (κ3) is 1.96. The minimum absolute atomic E-state index is 0. The van der Waals surface area contributed by atoms with Crippen molar-refractivity contribution >= 4 is 6.29 Å². The summed E-state index contributed by atoms with van der Waals surface area (Å²) in [5.74, 6) is 0. The number of hydrogen-bond acceptors (Lipinski definition) is 2. The van der Waals surface area contributed by atoms with Crippen LogP contribution in [-0.4, -0.2) is 6.29 Å². The van der Waals surface area contributed by atoms with Crippen molar-refractivity contribution in [2.45, 2.75) is 6.42 Å². The molecule has 0 saturated carbocycles. The maximum absolute atomic E-state index is 10.1. The van der Waals surface area contributed by atoms with Crippen LogP contribution in [0.5, 0.6) is 0 Å². The Bertz CT molecular complexity index is 304. The van der Waals surface area contributed by atoms with E-state index in [1.54, 1.807) is 18.2 Å². The van der Waals surface area contributed by atoms with Crippen LogP contribution in [0.1, 0.15) is 11.1 Å². The molecule has 1 aromatic carbocycles. The van der Waals surface area contributed by atoms with Gasteiger partial charge in [-0.05, 0) is 6.42 Å². The molecule has 1 rings (SSSR count). The van der Waals surface area contributed by atoms with E-state index in [1.807, 2.05) is 6.07 Å². The van der Waals surface area contributed by atoms with E-state index in [-0.39, 0.29) is 0 Å². The molecule has 2 nitrogen and oxygen atoms in total. The van der Waals surface area contributed by atoms with E-state index in [0.29, 0.717) is 12.0 Å². The molecule has 0 radical (unpaired) electrons. The molecule has 0 saturated heterocycles. The number of nitriles is 1. The standard InChI is InChI=1S/C9H6NO.Cm/c10-7-9-3-1-2-8(6-9)4-5-11;/h2-3,5-6H,4H2;/q-1;. The molecular weight excluding hydrogens is 385 g/mol. The van der Waals surface area contributed by atoms with Crippen LogP contribution in [0.2, 0.25) is 0 Å². The molecule has 0 aliphatic carbocycles. The Morgan fingerprint density at radius 3 is 2.92 bits per heavy atom. The molecule has 0 amide bonds. The van der Waals surface area contributed by atoms with Gasteiger partial charge in [-0.25, -0.2) is 5.26 Å². The quantitative estimate of drug-likeness (QED) is 0.560. The molecule has 0 unspecified atom stereocenters. The molecule has 0 aromatic heterocycles. The molecule has 0 aliphatic heterocycles. The molecule has 0 heterocycles. The predicted octanol–water partition coefficient (Wildman–Crippen LogP) is 1.10. The van der Waals surface area contributed by atoms with Gasteiger partial charge < -0.3 is 4.79 Å². The maximum atomic E-state index is 10.1. The van der Waals surface area contributed by atoms with Crippen LogP contribution in [0.4, 0.5) is 0 Å². The molecule has 3 heteroatoms. The van der Waals surface area contributed by atoms with Gasteiger partial charge in [0, 0.05) is 6.07 Å². The second kappa shape index (κ2) is 4.24. The third-order valence-electron chi connectivity index (χ3n) is 1.30. The molecular formula is C9H6CmNO-. The Balaban J connectivity index is 0.00000121. The molecule has 62 valence electrons. The SMILES string of the molecule is N#Cc1c[c-]cc(CC=O)c1.[Cm]. The van der Waals surface area contributed by atoms with Gasteiger partial charge in [-0.3, -0.25) is 0 Å². The molecule has 0 spiro atoms. The van der Waals surface area contributed by atoms with Gasteiger partial charge in [-0.2, -0.15) is 24.3 Å². The summed E-state index contributed by atoms with van der Waals surface area (Å²) >= 11 is 0. The van der Waals surface area contributed by atoms with Crippen molar-refractivity contribution in [1.29, 1.82) is 5.26 Å². The summed E-state index contributed by atoms with van der Waals surface area (Å²) in [5.41, 5.74) is 1.38. The Morgan fingerprint density at radius 1 is 1.58 bits per heavy atom. The zero-order chi connectivity index (χ0) is 8.10. The van der Waals surface area contributed by atoms with Gasteiger partial charge in [0.15, 0.2) is 0 Å². The van der Waals surface area contributed by atoms with E-state index in [1.165, 1.54) is 0 Å². The molecule has 0 bridgehead atoms. The Hall–Kier alpha value is -2.62. The first-order chi connectivity index (χ1) is 5.36. The van der Waals surface area contributed by atoms with Gasteiger partial charge in [0.2, 0.25) is 0 Å². The van der Waals surface area contributed by atoms with Crippen LogP contribution >= 0.6 is 0 Å². The number of nitrogens with zero attached hydrogens (tertiary/aromatic N) is 1. The summed E-state index contributed by atoms with van der Waals surface area (Å²) in [4.78, 5) is 10.1. The fraction of sp³-hybridized carbons (Fsp3) is 0.111. The van der Waals surface area contributed by atoms with E-state index in [2.05, 4.69) is 6.07 Å². The average Bonchev–Trinajstić information content (AvgIpc) is 2.06. The maximum Gasteiger partial charge on any atom is 0.112 e. The number of hydrogen-bond donors (Lipinski definition) is 0. The molecule has 0 aliphatic rings. The van der Waals surface area contributed by atoms with Crippen LogP contribution in [0.25, 0.3) is 0 Å². The normalized spacial score (nSPS) is 7.92. The van der Waals surface area contributed by atoms with Crippen molar-refractivity contribution in [1.82, 2.24) is 0 Å². The van der Waals surface area contributed by atoms with Crippen molar-refractivity contribution < 1.29 is 4.79 Å². The van der Waals surface area contributed by atoms with Crippen molar-refractivity contribution in [2.24, 2.45) is 0 Å². The number of carbonyl (C=O) groups is 1. The zero-order valence-electron chi connectivity index (χ0n) is 6.23. The number of benzene rings is 1. The fourth-order valence-corrected chi connectivity index (χ4v) is 0.800. The molecule has 0 fully saturated rings. The van der Waals surface area contributed by atoms with Crippen LogP contribution in [0, 0.1) is 17.4 Å². The minimum atomic E-state index is 0. The smallest absolute Gasteiger partial charge is 0.112 e. The molecule has 0 N–H and O–H groups in total. The Labute approximate surface area is 65.1 Å². The van der Waals surface area contributed by atoms with E-state index >= 15 is 0 Å². The van der Waals surface area contributed by atoms with Crippen molar-refractivity contribution in [2.75, 3.05) is 0 Å². The van der Waals surface area contributed by atoms with Gasteiger partial charge in [0.1, 0.15) is 6.29 Å². The van der Waals surface area contributed by atoms with Crippen molar-refractivity contribution in [3.05, 3.63) is 35.4 Å². The van der Waals surface area contributed by atoms with E-state index in [9.17, 15) is 4.79 Å². The van der Waals surface area contributed by atoms with Crippen molar-refractivity contribution in [3.63, 3.8) is 0 Å². The topological polar surface area (TPSA) is 40.9 Å². The van der Waals surface area contributed by atoms with E-state index < -0.39 is 0 Å². The largest absolute Gasteiger partial charge is 0.304 e. The molecule has 12 heavy (non-hydrogen) atoms. The number of carbonyl (C=O) groups excluding carboxylic acids is 1.